The molecular weight excluding hydrogens is 348 g/mol. The first-order valence-electron chi connectivity index (χ1n) is 9.58. The van der Waals surface area contributed by atoms with E-state index < -0.39 is 40.0 Å². The minimum absolute atomic E-state index is 0.149. The lowest BCUT2D eigenvalue weighted by molar-refractivity contribution is -0.278. The monoisotopic (exact) mass is 382 g/mol. The fourth-order valence-corrected chi connectivity index (χ4v) is 6.17. The van der Waals surface area contributed by atoms with E-state index >= 15 is 0 Å². The lowest BCUT2D eigenvalue weighted by atomic mass is 9.47. The van der Waals surface area contributed by atoms with Gasteiger partial charge in [-0.3, -0.25) is 9.59 Å². The summed E-state index contributed by atoms with van der Waals surface area (Å²) < 4.78 is 11.4. The predicted molar refractivity (Wildman–Crippen MR) is 101 cm³/mol. The van der Waals surface area contributed by atoms with Crippen LogP contribution in [-0.4, -0.2) is 46.6 Å². The molecular formula is C21H34O6. The molecule has 27 heavy (non-hydrogen) atoms. The van der Waals surface area contributed by atoms with Crippen molar-refractivity contribution in [1.82, 2.24) is 0 Å². The number of ether oxygens (including phenoxy) is 2. The Kier molecular flexibility index (Phi) is 5.59. The lowest BCUT2D eigenvalue weighted by Gasteiger charge is -2.63. The molecule has 1 saturated heterocycles. The summed E-state index contributed by atoms with van der Waals surface area (Å²) in [6.45, 7) is 13.2. The van der Waals surface area contributed by atoms with Crippen molar-refractivity contribution < 1.29 is 29.3 Å². The van der Waals surface area contributed by atoms with Crippen molar-refractivity contribution in [3.05, 3.63) is 12.7 Å². The minimum atomic E-state index is -0.948. The van der Waals surface area contributed by atoms with Crippen molar-refractivity contribution in [1.29, 1.82) is 0 Å². The molecule has 0 unspecified atom stereocenters. The number of fused-ring (bicyclic) bond motifs is 1. The Hall–Kier alpha value is -1.40. The van der Waals surface area contributed by atoms with E-state index in [1.165, 1.54) is 7.11 Å². The molecule has 6 heteroatoms. The van der Waals surface area contributed by atoms with Crippen molar-refractivity contribution in [2.24, 2.45) is 22.7 Å². The first kappa shape index (κ1) is 21.9. The van der Waals surface area contributed by atoms with Crippen LogP contribution in [0, 0.1) is 22.7 Å². The van der Waals surface area contributed by atoms with Gasteiger partial charge < -0.3 is 19.7 Å². The largest absolute Gasteiger partial charge is 0.481 e. The molecule has 0 radical (unpaired) electrons. The van der Waals surface area contributed by atoms with Gasteiger partial charge in [0, 0.05) is 12.3 Å². The maximum absolute atomic E-state index is 12.5. The lowest BCUT2D eigenvalue weighted by Crippen LogP contribution is -2.67. The molecule has 2 fully saturated rings. The number of hydrogen-bond donors (Lipinski definition) is 2. The van der Waals surface area contributed by atoms with Crippen LogP contribution < -0.4 is 0 Å². The zero-order valence-corrected chi connectivity index (χ0v) is 17.4. The first-order chi connectivity index (χ1) is 12.3. The van der Waals surface area contributed by atoms with Gasteiger partial charge in [-0.2, -0.15) is 0 Å². The molecule has 2 rings (SSSR count). The van der Waals surface area contributed by atoms with Gasteiger partial charge in [0.1, 0.15) is 0 Å². The zero-order valence-electron chi connectivity index (χ0n) is 17.4. The van der Waals surface area contributed by atoms with Crippen LogP contribution in [0.2, 0.25) is 0 Å². The number of methoxy groups -OCH3 is 1. The van der Waals surface area contributed by atoms with Crippen molar-refractivity contribution in [3.8, 4) is 0 Å². The summed E-state index contributed by atoms with van der Waals surface area (Å²) in [4.78, 5) is 24.3. The second kappa shape index (κ2) is 6.89. The minimum Gasteiger partial charge on any atom is -0.481 e. The van der Waals surface area contributed by atoms with Crippen LogP contribution in [0.25, 0.3) is 0 Å². The number of hydrogen-bond acceptors (Lipinski definition) is 5. The molecule has 0 spiro atoms. The molecule has 2 aliphatic rings. The first-order valence-corrected chi connectivity index (χ1v) is 9.58. The number of rotatable bonds is 5. The van der Waals surface area contributed by atoms with Crippen LogP contribution in [0.1, 0.15) is 60.3 Å². The molecule has 1 heterocycles. The van der Waals surface area contributed by atoms with Crippen LogP contribution in [-0.2, 0) is 19.1 Å². The van der Waals surface area contributed by atoms with Gasteiger partial charge in [0.25, 0.3) is 0 Å². The zero-order chi connectivity index (χ0) is 20.8. The molecule has 2 N–H and O–H groups in total. The molecule has 0 aromatic carbocycles. The van der Waals surface area contributed by atoms with E-state index in [1.54, 1.807) is 19.9 Å². The SMILES string of the molecule is C=C[C@@]1(C)C[C@H](O)[C@H]2[C@](C)(CC(=O)O)[C@@H](C(C)(C)C(=O)OC)CC[C@]2(C)O1. The maximum Gasteiger partial charge on any atom is 0.311 e. The Labute approximate surface area is 161 Å². The summed E-state index contributed by atoms with van der Waals surface area (Å²) in [7, 11) is 1.35. The van der Waals surface area contributed by atoms with E-state index in [9.17, 15) is 19.8 Å². The maximum atomic E-state index is 12.5. The number of aliphatic hydroxyl groups excluding tert-OH is 1. The quantitative estimate of drug-likeness (QED) is 0.560. The highest BCUT2D eigenvalue weighted by Gasteiger charge is 2.65. The molecule has 6 nitrogen and oxygen atoms in total. The molecule has 0 amide bonds. The molecule has 0 aromatic rings. The third kappa shape index (κ3) is 3.54. The second-order valence-corrected chi connectivity index (χ2v) is 9.56. The normalized spacial score (nSPS) is 42.1. The topological polar surface area (TPSA) is 93.1 Å². The Morgan fingerprint density at radius 2 is 1.93 bits per heavy atom. The van der Waals surface area contributed by atoms with Crippen LogP contribution in [0.3, 0.4) is 0 Å². The van der Waals surface area contributed by atoms with Crippen LogP contribution >= 0.6 is 0 Å². The van der Waals surface area contributed by atoms with Crippen LogP contribution in [0.4, 0.5) is 0 Å². The third-order valence-electron chi connectivity index (χ3n) is 7.11. The summed E-state index contributed by atoms with van der Waals surface area (Å²) in [5, 5.41) is 20.8. The fourth-order valence-electron chi connectivity index (χ4n) is 6.17. The summed E-state index contributed by atoms with van der Waals surface area (Å²) in [6, 6.07) is 0. The predicted octanol–water partition coefficient (Wildman–Crippen LogP) is 3.18. The van der Waals surface area contributed by atoms with E-state index in [1.807, 2.05) is 20.8 Å². The van der Waals surface area contributed by atoms with Gasteiger partial charge in [-0.15, -0.1) is 6.58 Å². The number of esters is 1. The van der Waals surface area contributed by atoms with E-state index in [2.05, 4.69) is 6.58 Å². The average Bonchev–Trinajstić information content (AvgIpc) is 2.51. The van der Waals surface area contributed by atoms with Gasteiger partial charge in [0.05, 0.1) is 36.3 Å². The number of carboxylic acids is 1. The van der Waals surface area contributed by atoms with Crippen molar-refractivity contribution in [2.75, 3.05) is 7.11 Å². The van der Waals surface area contributed by atoms with E-state index in [4.69, 9.17) is 9.47 Å². The highest BCUT2D eigenvalue weighted by molar-refractivity contribution is 5.76. The molecule has 154 valence electrons. The Balaban J connectivity index is 2.57. The van der Waals surface area contributed by atoms with Crippen LogP contribution in [0.15, 0.2) is 12.7 Å². The van der Waals surface area contributed by atoms with Gasteiger partial charge in [-0.25, -0.2) is 0 Å². The molecule has 6 atom stereocenters. The van der Waals surface area contributed by atoms with Gasteiger partial charge in [0.2, 0.25) is 0 Å². The smallest absolute Gasteiger partial charge is 0.311 e. The summed E-state index contributed by atoms with van der Waals surface area (Å²) in [6.07, 6.45) is 2.38. The Morgan fingerprint density at radius 3 is 2.41 bits per heavy atom. The number of carbonyl (C=O) groups excluding carboxylic acids is 1. The molecule has 1 aliphatic heterocycles. The highest BCUT2D eigenvalue weighted by Crippen LogP contribution is 2.62. The molecule has 0 bridgehead atoms. The van der Waals surface area contributed by atoms with Gasteiger partial charge in [-0.1, -0.05) is 13.0 Å². The highest BCUT2D eigenvalue weighted by atomic mass is 16.5. The fraction of sp³-hybridized carbons (Fsp3) is 0.810. The summed E-state index contributed by atoms with van der Waals surface area (Å²) in [5.74, 6) is -2.00. The number of carbonyl (C=O) groups is 2. The summed E-state index contributed by atoms with van der Waals surface area (Å²) in [5.41, 5.74) is -3.08. The Morgan fingerprint density at radius 1 is 1.33 bits per heavy atom. The molecule has 1 aliphatic carbocycles. The Bertz CT molecular complexity index is 628. The van der Waals surface area contributed by atoms with Crippen LogP contribution in [0.5, 0.6) is 0 Å². The van der Waals surface area contributed by atoms with Crippen molar-refractivity contribution in [3.63, 3.8) is 0 Å². The number of aliphatic hydroxyl groups is 1. The number of aliphatic carboxylic acids is 1. The second-order valence-electron chi connectivity index (χ2n) is 9.56. The van der Waals surface area contributed by atoms with Crippen molar-refractivity contribution >= 4 is 11.9 Å². The average molecular weight is 382 g/mol. The van der Waals surface area contributed by atoms with Gasteiger partial charge in [0.15, 0.2) is 0 Å². The molecule has 1 saturated carbocycles. The van der Waals surface area contributed by atoms with Crippen molar-refractivity contribution in [2.45, 2.75) is 77.6 Å². The standard InChI is InChI=1S/C21H34O6/c1-8-19(4)11-13(22)16-20(5,12-15(23)24)14(9-10-21(16,6)27-19)18(2,3)17(25)26-7/h8,13-14,16,22H,1,9-12H2,2-7H3,(H,23,24)/t13-,14+,16-,19-,20+,21-/m0/s1. The van der Waals surface area contributed by atoms with E-state index in [0.717, 1.165) is 0 Å². The summed E-state index contributed by atoms with van der Waals surface area (Å²) >= 11 is 0. The molecule has 0 aromatic heterocycles. The van der Waals surface area contributed by atoms with E-state index in [-0.39, 0.29) is 18.3 Å². The van der Waals surface area contributed by atoms with Gasteiger partial charge >= 0.3 is 11.9 Å². The van der Waals surface area contributed by atoms with E-state index in [0.29, 0.717) is 19.3 Å². The van der Waals surface area contributed by atoms with Gasteiger partial charge in [-0.05, 0) is 51.9 Å². The third-order valence-corrected chi connectivity index (χ3v) is 7.11. The number of carboxylic acid groups (broad SMARTS) is 1.